The molecule has 1 aliphatic carbocycles. The number of rotatable bonds is 5. The van der Waals surface area contributed by atoms with Crippen LogP contribution < -0.4 is 10.0 Å². The number of anilines is 1. The van der Waals surface area contributed by atoms with E-state index in [9.17, 15) is 13.2 Å². The molecule has 1 aromatic carbocycles. The summed E-state index contributed by atoms with van der Waals surface area (Å²) in [5.41, 5.74) is 1.47. The maximum atomic E-state index is 12.7. The van der Waals surface area contributed by atoms with Gasteiger partial charge in [-0.25, -0.2) is 8.42 Å². The van der Waals surface area contributed by atoms with Gasteiger partial charge in [-0.1, -0.05) is 18.0 Å². The van der Waals surface area contributed by atoms with Gasteiger partial charge in [0.05, 0.1) is 10.9 Å². The van der Waals surface area contributed by atoms with Gasteiger partial charge in [-0.15, -0.1) is 0 Å². The van der Waals surface area contributed by atoms with Gasteiger partial charge in [0.2, 0.25) is 21.8 Å². The van der Waals surface area contributed by atoms with E-state index in [4.69, 9.17) is 4.52 Å². The summed E-state index contributed by atoms with van der Waals surface area (Å²) >= 11 is 0. The molecule has 0 spiro atoms. The van der Waals surface area contributed by atoms with Gasteiger partial charge in [-0.2, -0.15) is 9.71 Å². The van der Waals surface area contributed by atoms with Crippen molar-refractivity contribution in [3.8, 4) is 0 Å². The van der Waals surface area contributed by atoms with Crippen LogP contribution in [0, 0.1) is 0 Å². The lowest BCUT2D eigenvalue weighted by Gasteiger charge is -2.18. The highest BCUT2D eigenvalue weighted by molar-refractivity contribution is 7.89. The van der Waals surface area contributed by atoms with Crippen LogP contribution in [0.2, 0.25) is 0 Å². The molecule has 2 aliphatic rings. The van der Waals surface area contributed by atoms with Gasteiger partial charge in [-0.3, -0.25) is 4.79 Å². The van der Waals surface area contributed by atoms with E-state index in [2.05, 4.69) is 20.2 Å². The van der Waals surface area contributed by atoms with Crippen LogP contribution in [0.25, 0.3) is 0 Å². The molecule has 1 fully saturated rings. The number of amides is 1. The number of aryl methyl sites for hydroxylation is 1. The zero-order chi connectivity index (χ0) is 19.0. The van der Waals surface area contributed by atoms with Gasteiger partial charge < -0.3 is 9.84 Å². The summed E-state index contributed by atoms with van der Waals surface area (Å²) in [6.07, 6.45) is 5.29. The van der Waals surface area contributed by atoms with Crippen LogP contribution in [0.3, 0.4) is 0 Å². The number of hydrogen-bond acceptors (Lipinski definition) is 6. The Morgan fingerprint density at radius 2 is 2.04 bits per heavy atom. The van der Waals surface area contributed by atoms with Crippen LogP contribution >= 0.6 is 0 Å². The van der Waals surface area contributed by atoms with Crippen LogP contribution in [-0.4, -0.2) is 24.5 Å². The Bertz CT molecular complexity index is 963. The average molecular weight is 390 g/mol. The van der Waals surface area contributed by atoms with E-state index in [1.807, 2.05) is 0 Å². The molecule has 2 aromatic rings. The zero-order valence-corrected chi connectivity index (χ0v) is 15.9. The van der Waals surface area contributed by atoms with Crippen molar-refractivity contribution in [2.24, 2.45) is 0 Å². The molecule has 1 atom stereocenters. The molecule has 4 rings (SSSR count). The summed E-state index contributed by atoms with van der Waals surface area (Å²) < 4.78 is 33.4. The van der Waals surface area contributed by atoms with Gasteiger partial charge in [0, 0.05) is 18.0 Å². The predicted octanol–water partition coefficient (Wildman–Crippen LogP) is 2.65. The van der Waals surface area contributed by atoms with Crippen LogP contribution in [0.15, 0.2) is 27.6 Å². The highest BCUT2D eigenvalue weighted by atomic mass is 32.2. The lowest BCUT2D eigenvalue weighted by atomic mass is 10.0. The number of benzene rings is 1. The fraction of sp³-hybridized carbons (Fsp3) is 0.500. The van der Waals surface area contributed by atoms with Crippen molar-refractivity contribution in [3.05, 3.63) is 35.5 Å². The molecule has 27 heavy (non-hydrogen) atoms. The Kier molecular flexibility index (Phi) is 4.73. The monoisotopic (exact) mass is 390 g/mol. The lowest BCUT2D eigenvalue weighted by Crippen LogP contribution is -2.27. The van der Waals surface area contributed by atoms with E-state index in [0.717, 1.165) is 31.2 Å². The van der Waals surface area contributed by atoms with E-state index in [-0.39, 0.29) is 16.7 Å². The third-order valence-corrected chi connectivity index (χ3v) is 6.70. The Labute approximate surface area is 157 Å². The first-order valence-corrected chi connectivity index (χ1v) is 10.7. The maximum absolute atomic E-state index is 12.7. The number of sulfonamides is 1. The van der Waals surface area contributed by atoms with E-state index < -0.39 is 16.1 Å². The van der Waals surface area contributed by atoms with Crippen LogP contribution in [0.4, 0.5) is 5.69 Å². The molecule has 0 bridgehead atoms. The molecule has 1 amide bonds. The Hall–Kier alpha value is -2.26. The smallest absolute Gasteiger partial charge is 0.244 e. The molecule has 1 aromatic heterocycles. The van der Waals surface area contributed by atoms with E-state index in [1.165, 1.54) is 6.07 Å². The average Bonchev–Trinajstić information content (AvgIpc) is 3.32. The second kappa shape index (κ2) is 7.05. The van der Waals surface area contributed by atoms with Gasteiger partial charge in [0.1, 0.15) is 0 Å². The highest BCUT2D eigenvalue weighted by Crippen LogP contribution is 2.33. The zero-order valence-electron chi connectivity index (χ0n) is 15.1. The van der Waals surface area contributed by atoms with Crippen LogP contribution in [0.1, 0.15) is 68.3 Å². The molecule has 144 valence electrons. The quantitative estimate of drug-likeness (QED) is 0.811. The summed E-state index contributed by atoms with van der Waals surface area (Å²) in [5.74, 6) is 1.19. The predicted molar refractivity (Wildman–Crippen MR) is 97.6 cm³/mol. The van der Waals surface area contributed by atoms with Crippen molar-refractivity contribution in [3.63, 3.8) is 0 Å². The first kappa shape index (κ1) is 18.1. The fourth-order valence-corrected chi connectivity index (χ4v) is 4.90. The van der Waals surface area contributed by atoms with Gasteiger partial charge in [-0.05, 0) is 49.9 Å². The number of carbonyl (C=O) groups excluding carboxylic acids is 1. The standard InChI is InChI=1S/C18H22N4O4S/c1-11(18-20-17(21-26-18)12-4-2-3-5-12)22-27(24,25)14-7-8-15-13(10-14)6-9-16(23)19-15/h7-8,10-12,22H,2-6,9H2,1H3,(H,19,23). The molecule has 2 N–H and O–H groups in total. The van der Waals surface area contributed by atoms with Crippen LogP contribution in [0.5, 0.6) is 0 Å². The summed E-state index contributed by atoms with van der Waals surface area (Å²) in [6.45, 7) is 1.68. The van der Waals surface area contributed by atoms with Crippen LogP contribution in [-0.2, 0) is 21.2 Å². The molecule has 1 aliphatic heterocycles. The summed E-state index contributed by atoms with van der Waals surface area (Å²) in [7, 11) is -3.75. The maximum Gasteiger partial charge on any atom is 0.244 e. The molecule has 1 saturated carbocycles. The van der Waals surface area contributed by atoms with E-state index in [0.29, 0.717) is 30.3 Å². The topological polar surface area (TPSA) is 114 Å². The number of nitrogens with one attached hydrogen (secondary N) is 2. The Balaban J connectivity index is 1.50. The Morgan fingerprint density at radius 1 is 1.26 bits per heavy atom. The fourth-order valence-electron chi connectivity index (χ4n) is 3.65. The molecule has 9 heteroatoms. The molecule has 0 radical (unpaired) electrons. The van der Waals surface area contributed by atoms with Gasteiger partial charge in [0.25, 0.3) is 0 Å². The number of aromatic nitrogens is 2. The first-order valence-electron chi connectivity index (χ1n) is 9.21. The number of carbonyl (C=O) groups is 1. The van der Waals surface area contributed by atoms with Crippen molar-refractivity contribution in [2.75, 3.05) is 5.32 Å². The third-order valence-electron chi connectivity index (χ3n) is 5.16. The molecule has 8 nitrogen and oxygen atoms in total. The number of fused-ring (bicyclic) bond motifs is 1. The molecular formula is C18H22N4O4S. The van der Waals surface area contributed by atoms with Gasteiger partial charge >= 0.3 is 0 Å². The highest BCUT2D eigenvalue weighted by Gasteiger charge is 2.27. The van der Waals surface area contributed by atoms with Gasteiger partial charge in [0.15, 0.2) is 5.82 Å². The minimum absolute atomic E-state index is 0.0562. The Morgan fingerprint density at radius 3 is 2.81 bits per heavy atom. The SMILES string of the molecule is CC(NS(=O)(=O)c1ccc2c(c1)CCC(=O)N2)c1nc(C2CCCC2)no1. The molecular weight excluding hydrogens is 368 g/mol. The van der Waals surface area contributed by atoms with E-state index >= 15 is 0 Å². The van der Waals surface area contributed by atoms with Crippen molar-refractivity contribution in [1.82, 2.24) is 14.9 Å². The minimum atomic E-state index is -3.75. The second-order valence-electron chi connectivity index (χ2n) is 7.18. The lowest BCUT2D eigenvalue weighted by molar-refractivity contribution is -0.116. The summed E-state index contributed by atoms with van der Waals surface area (Å²) in [5, 5.41) is 6.77. The van der Waals surface area contributed by atoms with Crippen molar-refractivity contribution >= 4 is 21.6 Å². The van der Waals surface area contributed by atoms with Crippen molar-refractivity contribution in [2.45, 2.75) is 62.3 Å². The molecule has 1 unspecified atom stereocenters. The number of hydrogen-bond donors (Lipinski definition) is 2. The van der Waals surface area contributed by atoms with Crippen molar-refractivity contribution < 1.29 is 17.7 Å². The normalized spacial score (nSPS) is 18.9. The summed E-state index contributed by atoms with van der Waals surface area (Å²) in [4.78, 5) is 16.0. The minimum Gasteiger partial charge on any atom is -0.338 e. The third kappa shape index (κ3) is 3.74. The molecule has 2 heterocycles. The van der Waals surface area contributed by atoms with Crippen molar-refractivity contribution in [1.29, 1.82) is 0 Å². The largest absolute Gasteiger partial charge is 0.338 e. The summed E-state index contributed by atoms with van der Waals surface area (Å²) in [6, 6.07) is 4.07. The van der Waals surface area contributed by atoms with E-state index in [1.54, 1.807) is 19.1 Å². The first-order chi connectivity index (χ1) is 12.9. The second-order valence-corrected chi connectivity index (χ2v) is 8.90. The molecule has 0 saturated heterocycles. The number of nitrogens with zero attached hydrogens (tertiary/aromatic N) is 2.